The summed E-state index contributed by atoms with van der Waals surface area (Å²) in [5.41, 5.74) is 1.77. The Morgan fingerprint density at radius 3 is 1.95 bits per heavy atom. The Balaban J connectivity index is 1.38. The summed E-state index contributed by atoms with van der Waals surface area (Å²) in [6.45, 7) is 3.59. The lowest BCUT2D eigenvalue weighted by molar-refractivity contribution is -0.190. The monoisotopic (exact) mass is 557 g/mol. The van der Waals surface area contributed by atoms with Crippen LogP contribution in [0.4, 0.5) is 4.79 Å². The number of imide groups is 1. The van der Waals surface area contributed by atoms with Crippen LogP contribution in [-0.4, -0.2) is 46.7 Å². The number of carbonyl (C=O) groups excluding carboxylic acids is 3. The fourth-order valence-electron chi connectivity index (χ4n) is 5.25. The van der Waals surface area contributed by atoms with Gasteiger partial charge in [-0.2, -0.15) is 0 Å². The van der Waals surface area contributed by atoms with Crippen LogP contribution in [0, 0.1) is 5.41 Å². The van der Waals surface area contributed by atoms with Crippen molar-refractivity contribution >= 4 is 23.8 Å². The molecule has 3 N–H and O–H groups in total. The molecule has 4 rings (SSSR count). The van der Waals surface area contributed by atoms with Crippen LogP contribution in [0.1, 0.15) is 55.7 Å². The molecule has 214 valence electrons. The number of β-lactam (4-membered cyclic amide) rings is 1. The van der Waals surface area contributed by atoms with E-state index in [9.17, 15) is 19.2 Å². The van der Waals surface area contributed by atoms with Gasteiger partial charge in [-0.3, -0.25) is 14.4 Å². The lowest BCUT2D eigenvalue weighted by Crippen LogP contribution is -2.73. The number of carboxylic acid groups (broad SMARTS) is 1. The van der Waals surface area contributed by atoms with E-state index in [-0.39, 0.29) is 37.2 Å². The first-order chi connectivity index (χ1) is 19.8. The first-order valence-electron chi connectivity index (χ1n) is 13.7. The first kappa shape index (κ1) is 29.3. The minimum atomic E-state index is -0.940. The molecule has 9 nitrogen and oxygen atoms in total. The summed E-state index contributed by atoms with van der Waals surface area (Å²) in [5, 5.41) is 14.4. The molecule has 41 heavy (non-hydrogen) atoms. The number of hydrogen-bond acceptors (Lipinski definition) is 5. The summed E-state index contributed by atoms with van der Waals surface area (Å²) in [6, 6.07) is 25.4. The first-order valence-corrected chi connectivity index (χ1v) is 13.7. The van der Waals surface area contributed by atoms with Gasteiger partial charge in [0.2, 0.25) is 11.8 Å². The molecule has 0 aliphatic carbocycles. The maximum Gasteiger partial charge on any atom is 0.328 e. The van der Waals surface area contributed by atoms with Crippen molar-refractivity contribution < 1.29 is 29.0 Å². The van der Waals surface area contributed by atoms with E-state index in [1.165, 1.54) is 0 Å². The Labute approximate surface area is 239 Å². The molecule has 0 radical (unpaired) electrons. The van der Waals surface area contributed by atoms with Gasteiger partial charge in [0.1, 0.15) is 11.2 Å². The second-order valence-corrected chi connectivity index (χ2v) is 10.1. The number of carbonyl (C=O) groups is 4. The van der Waals surface area contributed by atoms with Crippen LogP contribution >= 0.6 is 0 Å². The van der Waals surface area contributed by atoms with Crippen LogP contribution < -0.4 is 15.4 Å². The summed E-state index contributed by atoms with van der Waals surface area (Å²) >= 11 is 0. The van der Waals surface area contributed by atoms with E-state index in [1.54, 1.807) is 24.3 Å². The number of aliphatic carboxylic acids is 1. The molecule has 1 aliphatic rings. The van der Waals surface area contributed by atoms with E-state index in [0.29, 0.717) is 24.2 Å². The maximum atomic E-state index is 13.2. The second-order valence-electron chi connectivity index (χ2n) is 10.1. The Morgan fingerprint density at radius 2 is 1.44 bits per heavy atom. The maximum absolute atomic E-state index is 13.2. The summed E-state index contributed by atoms with van der Waals surface area (Å²) in [6.07, 6.45) is 0.181. The molecule has 1 unspecified atom stereocenters. The van der Waals surface area contributed by atoms with Crippen molar-refractivity contribution in [3.8, 4) is 5.75 Å². The van der Waals surface area contributed by atoms with Crippen molar-refractivity contribution in [2.24, 2.45) is 5.41 Å². The predicted octanol–water partition coefficient (Wildman–Crippen LogP) is 4.67. The molecular weight excluding hydrogens is 522 g/mol. The minimum Gasteiger partial charge on any atom is -0.481 e. The molecule has 3 aromatic rings. The Kier molecular flexibility index (Phi) is 9.39. The fraction of sp³-hybridized carbons (Fsp3) is 0.312. The molecule has 1 atom stereocenters. The largest absolute Gasteiger partial charge is 0.481 e. The van der Waals surface area contributed by atoms with Crippen LogP contribution in [0.3, 0.4) is 0 Å². The fourth-order valence-corrected chi connectivity index (χ4v) is 5.25. The molecule has 1 heterocycles. The Hall–Kier alpha value is -4.66. The molecular formula is C32H35N3O6. The quantitative estimate of drug-likeness (QED) is 0.220. The van der Waals surface area contributed by atoms with Gasteiger partial charge in [-0.25, -0.2) is 9.69 Å². The van der Waals surface area contributed by atoms with Gasteiger partial charge in [-0.05, 0) is 41.7 Å². The van der Waals surface area contributed by atoms with Crippen molar-refractivity contribution in [1.29, 1.82) is 0 Å². The molecule has 0 bridgehead atoms. The average molecular weight is 558 g/mol. The van der Waals surface area contributed by atoms with E-state index in [4.69, 9.17) is 9.84 Å². The lowest BCUT2D eigenvalue weighted by atomic mass is 9.72. The molecule has 1 saturated heterocycles. The van der Waals surface area contributed by atoms with E-state index in [1.807, 2.05) is 74.5 Å². The van der Waals surface area contributed by atoms with Crippen LogP contribution in [0.2, 0.25) is 0 Å². The zero-order valence-electron chi connectivity index (χ0n) is 23.2. The smallest absolute Gasteiger partial charge is 0.328 e. The van der Waals surface area contributed by atoms with Crippen LogP contribution in [0.5, 0.6) is 5.75 Å². The number of amides is 4. The van der Waals surface area contributed by atoms with Crippen molar-refractivity contribution in [3.63, 3.8) is 0 Å². The highest BCUT2D eigenvalue weighted by molar-refractivity contribution is 6.03. The van der Waals surface area contributed by atoms with E-state index in [2.05, 4.69) is 10.6 Å². The number of carboxylic acids is 1. The van der Waals surface area contributed by atoms with E-state index < -0.39 is 23.6 Å². The molecule has 1 fully saturated rings. The number of rotatable bonds is 12. The Bertz CT molecular complexity index is 1320. The normalized spacial score (nSPS) is 15.6. The standard InChI is InChI=1S/C32H35N3O6/c1-3-32(4-2)29(39)35(30(32)41-25-17-15-22(16-18-25)19-28(37)38)31(40)34-21-33-27(36)20-26(23-11-7-5-8-12-23)24-13-9-6-10-14-24/h5-18,26,30H,3-4,19-21H2,1-2H3,(H,33,36)(H,34,40)(H,37,38). The highest BCUT2D eigenvalue weighted by Crippen LogP contribution is 2.46. The van der Waals surface area contributed by atoms with Gasteiger partial charge in [-0.15, -0.1) is 0 Å². The lowest BCUT2D eigenvalue weighted by Gasteiger charge is -2.53. The van der Waals surface area contributed by atoms with Crippen LogP contribution in [-0.2, 0) is 20.8 Å². The predicted molar refractivity (Wildman–Crippen MR) is 153 cm³/mol. The van der Waals surface area contributed by atoms with Gasteiger partial charge in [0.05, 0.1) is 13.1 Å². The molecule has 0 saturated carbocycles. The van der Waals surface area contributed by atoms with Gasteiger partial charge in [-0.1, -0.05) is 86.6 Å². The molecule has 9 heteroatoms. The van der Waals surface area contributed by atoms with Crippen LogP contribution in [0.25, 0.3) is 0 Å². The minimum absolute atomic E-state index is 0.117. The summed E-state index contributed by atoms with van der Waals surface area (Å²) in [7, 11) is 0. The SMILES string of the molecule is CCC1(CC)C(=O)N(C(=O)NCNC(=O)CC(c2ccccc2)c2ccccc2)C1Oc1ccc(CC(=O)O)cc1. The van der Waals surface area contributed by atoms with E-state index >= 15 is 0 Å². The number of hydrogen-bond donors (Lipinski definition) is 3. The molecule has 0 aromatic heterocycles. The number of nitrogens with one attached hydrogen (secondary N) is 2. The summed E-state index contributed by atoms with van der Waals surface area (Å²) in [5.74, 6) is -1.26. The van der Waals surface area contributed by atoms with Gasteiger partial charge < -0.3 is 20.5 Å². The third-order valence-corrected chi connectivity index (χ3v) is 7.68. The highest BCUT2D eigenvalue weighted by Gasteiger charge is 2.62. The molecule has 0 spiro atoms. The topological polar surface area (TPSA) is 125 Å². The summed E-state index contributed by atoms with van der Waals surface area (Å²) in [4.78, 5) is 51.1. The average Bonchev–Trinajstić information content (AvgIpc) is 2.98. The number of likely N-dealkylation sites (tertiary alicyclic amines) is 1. The Morgan fingerprint density at radius 1 is 0.878 bits per heavy atom. The number of benzene rings is 3. The number of urea groups is 1. The van der Waals surface area contributed by atoms with E-state index in [0.717, 1.165) is 16.0 Å². The van der Waals surface area contributed by atoms with Crippen molar-refractivity contribution in [2.45, 2.75) is 51.7 Å². The van der Waals surface area contributed by atoms with Gasteiger partial charge in [0.15, 0.2) is 6.23 Å². The van der Waals surface area contributed by atoms with Crippen LogP contribution in [0.15, 0.2) is 84.9 Å². The van der Waals surface area contributed by atoms with Gasteiger partial charge in [0, 0.05) is 12.3 Å². The van der Waals surface area contributed by atoms with Crippen molar-refractivity contribution in [2.75, 3.05) is 6.67 Å². The number of ether oxygens (including phenoxy) is 1. The summed E-state index contributed by atoms with van der Waals surface area (Å²) < 4.78 is 6.10. The van der Waals surface area contributed by atoms with Gasteiger partial charge >= 0.3 is 12.0 Å². The van der Waals surface area contributed by atoms with Crippen molar-refractivity contribution in [3.05, 3.63) is 102 Å². The number of nitrogens with zero attached hydrogens (tertiary/aromatic N) is 1. The van der Waals surface area contributed by atoms with Gasteiger partial charge in [0.25, 0.3) is 0 Å². The third kappa shape index (κ3) is 6.57. The zero-order valence-corrected chi connectivity index (χ0v) is 23.2. The molecule has 1 aliphatic heterocycles. The zero-order chi connectivity index (χ0) is 29.4. The van der Waals surface area contributed by atoms with Crippen molar-refractivity contribution in [1.82, 2.24) is 15.5 Å². The third-order valence-electron chi connectivity index (χ3n) is 7.68. The second kappa shape index (κ2) is 13.1. The molecule has 4 amide bonds. The molecule has 3 aromatic carbocycles. The highest BCUT2D eigenvalue weighted by atomic mass is 16.5.